The molecule has 0 aliphatic rings. The summed E-state index contributed by atoms with van der Waals surface area (Å²) in [4.78, 5) is 23.8. The lowest BCUT2D eigenvalue weighted by atomic mass is 10.1. The molecule has 0 saturated heterocycles. The molecular weight excluding hydrogens is 332 g/mol. The number of nitrogens with one attached hydrogen (secondary N) is 2. The molecule has 0 unspecified atom stereocenters. The molecule has 24 heavy (non-hydrogen) atoms. The second-order valence-electron chi connectivity index (χ2n) is 4.90. The van der Waals surface area contributed by atoms with E-state index in [4.69, 9.17) is 0 Å². The lowest BCUT2D eigenvalue weighted by molar-refractivity contribution is -0.207. The summed E-state index contributed by atoms with van der Waals surface area (Å²) in [6, 6.07) is 4.10. The van der Waals surface area contributed by atoms with Crippen LogP contribution in [0.4, 0.5) is 23.2 Å². The van der Waals surface area contributed by atoms with Crippen LogP contribution in [0.2, 0.25) is 0 Å². The van der Waals surface area contributed by atoms with Crippen LogP contribution in [0.25, 0.3) is 0 Å². The van der Waals surface area contributed by atoms with Gasteiger partial charge in [-0.25, -0.2) is 9.18 Å². The van der Waals surface area contributed by atoms with Gasteiger partial charge in [0.2, 0.25) is 5.91 Å². The third-order valence-electron chi connectivity index (χ3n) is 2.97. The Bertz CT molecular complexity index is 592. The number of amides is 1. The second-order valence-corrected chi connectivity index (χ2v) is 4.90. The van der Waals surface area contributed by atoms with Crippen LogP contribution in [-0.4, -0.2) is 30.3 Å². The van der Waals surface area contributed by atoms with Gasteiger partial charge in [0, 0.05) is 12.1 Å². The van der Waals surface area contributed by atoms with Crippen molar-refractivity contribution in [2.45, 2.75) is 38.5 Å². The fourth-order valence-corrected chi connectivity index (χ4v) is 1.91. The Balaban J connectivity index is 3.33. The number of esters is 1. The van der Waals surface area contributed by atoms with Crippen LogP contribution in [0.15, 0.2) is 24.3 Å². The van der Waals surface area contributed by atoms with Crippen molar-refractivity contribution in [2.75, 3.05) is 11.9 Å². The fraction of sp³-hybridized carbons (Fsp3) is 0.467. The molecule has 0 radical (unpaired) electrons. The molecule has 1 aromatic carbocycles. The predicted molar refractivity (Wildman–Crippen MR) is 78.5 cm³/mol. The van der Waals surface area contributed by atoms with Crippen molar-refractivity contribution in [1.29, 1.82) is 0 Å². The average Bonchev–Trinajstić information content (AvgIpc) is 2.45. The minimum Gasteiger partial charge on any atom is -0.463 e. The minimum absolute atomic E-state index is 0.220. The molecule has 1 rings (SSSR count). The molecule has 9 heteroatoms. The molecule has 0 aliphatic carbocycles. The van der Waals surface area contributed by atoms with Gasteiger partial charge in [-0.1, -0.05) is 13.0 Å². The average molecular weight is 350 g/mol. The van der Waals surface area contributed by atoms with Crippen molar-refractivity contribution in [2.24, 2.45) is 0 Å². The predicted octanol–water partition coefficient (Wildman–Crippen LogP) is 2.98. The SMILES string of the molecule is CCCC(=O)N[C@](Nc1cccc(F)c1)(C(=O)OCC)C(F)(F)F. The molecule has 0 saturated carbocycles. The van der Waals surface area contributed by atoms with Crippen LogP contribution in [0.1, 0.15) is 26.7 Å². The number of ether oxygens (including phenoxy) is 1. The van der Waals surface area contributed by atoms with E-state index in [0.29, 0.717) is 0 Å². The van der Waals surface area contributed by atoms with E-state index in [-0.39, 0.29) is 25.1 Å². The van der Waals surface area contributed by atoms with Crippen LogP contribution >= 0.6 is 0 Å². The molecule has 5 nitrogen and oxygen atoms in total. The standard InChI is InChI=1S/C15H18F4N2O3/c1-3-6-12(22)21-14(15(17,18)19,13(23)24-4-2)20-11-8-5-7-10(16)9-11/h5,7-9,20H,3-4,6H2,1-2H3,(H,21,22)/t14-/m1/s1. The number of carbonyl (C=O) groups is 2. The van der Waals surface area contributed by atoms with Gasteiger partial charge in [0.15, 0.2) is 0 Å². The van der Waals surface area contributed by atoms with Gasteiger partial charge in [-0.3, -0.25) is 4.79 Å². The number of halogens is 4. The summed E-state index contributed by atoms with van der Waals surface area (Å²) in [5.41, 5.74) is -3.85. The molecule has 0 bridgehead atoms. The highest BCUT2D eigenvalue weighted by Crippen LogP contribution is 2.33. The zero-order valence-corrected chi connectivity index (χ0v) is 13.2. The van der Waals surface area contributed by atoms with Gasteiger partial charge in [-0.15, -0.1) is 0 Å². The monoisotopic (exact) mass is 350 g/mol. The van der Waals surface area contributed by atoms with Crippen molar-refractivity contribution in [3.05, 3.63) is 30.1 Å². The Morgan fingerprint density at radius 3 is 2.38 bits per heavy atom. The van der Waals surface area contributed by atoms with Crippen LogP contribution in [0, 0.1) is 5.82 Å². The first-order valence-corrected chi connectivity index (χ1v) is 7.25. The number of carbonyl (C=O) groups excluding carboxylic acids is 2. The summed E-state index contributed by atoms with van der Waals surface area (Å²) >= 11 is 0. The molecule has 0 aliphatic heterocycles. The molecule has 1 amide bonds. The number of benzene rings is 1. The smallest absolute Gasteiger partial charge is 0.441 e. The van der Waals surface area contributed by atoms with Crippen LogP contribution in [0.5, 0.6) is 0 Å². The maximum absolute atomic E-state index is 13.7. The molecule has 2 N–H and O–H groups in total. The van der Waals surface area contributed by atoms with Crippen molar-refractivity contribution < 1.29 is 31.9 Å². The first-order chi connectivity index (χ1) is 11.2. The normalized spacial score (nSPS) is 13.8. The molecule has 0 aromatic heterocycles. The summed E-state index contributed by atoms with van der Waals surface area (Å²) in [7, 11) is 0. The highest BCUT2D eigenvalue weighted by atomic mass is 19.4. The third kappa shape index (κ3) is 4.59. The maximum atomic E-state index is 13.7. The summed E-state index contributed by atoms with van der Waals surface area (Å²) < 4.78 is 58.7. The summed E-state index contributed by atoms with van der Waals surface area (Å²) in [6.45, 7) is 2.60. The van der Waals surface area contributed by atoms with E-state index in [0.717, 1.165) is 24.3 Å². The molecule has 134 valence electrons. The molecule has 0 heterocycles. The largest absolute Gasteiger partial charge is 0.463 e. The van der Waals surface area contributed by atoms with E-state index in [9.17, 15) is 27.2 Å². The highest BCUT2D eigenvalue weighted by molar-refractivity contribution is 5.91. The Kier molecular flexibility index (Phi) is 6.56. The lowest BCUT2D eigenvalue weighted by Crippen LogP contribution is -2.69. The van der Waals surface area contributed by atoms with E-state index < -0.39 is 29.5 Å². The summed E-state index contributed by atoms with van der Waals surface area (Å²) in [5.74, 6) is -3.53. The highest BCUT2D eigenvalue weighted by Gasteiger charge is 2.63. The van der Waals surface area contributed by atoms with Gasteiger partial charge in [0.25, 0.3) is 0 Å². The third-order valence-corrected chi connectivity index (χ3v) is 2.97. The van der Waals surface area contributed by atoms with Crippen molar-refractivity contribution in [1.82, 2.24) is 5.32 Å². The first-order valence-electron chi connectivity index (χ1n) is 7.25. The molecule has 1 aromatic rings. The summed E-state index contributed by atoms with van der Waals surface area (Å²) in [5, 5.41) is 3.53. The van der Waals surface area contributed by atoms with Crippen LogP contribution in [-0.2, 0) is 14.3 Å². The van der Waals surface area contributed by atoms with Crippen molar-refractivity contribution in [3.63, 3.8) is 0 Å². The Labute approximate surface area is 136 Å². The molecular formula is C15H18F4N2O3. The van der Waals surface area contributed by atoms with Gasteiger partial charge < -0.3 is 15.4 Å². The van der Waals surface area contributed by atoms with E-state index in [2.05, 4.69) is 4.74 Å². The zero-order valence-electron chi connectivity index (χ0n) is 13.2. The number of alkyl halides is 3. The van der Waals surface area contributed by atoms with Crippen molar-refractivity contribution >= 4 is 17.6 Å². The Hall–Kier alpha value is -2.32. The van der Waals surface area contributed by atoms with Crippen molar-refractivity contribution in [3.8, 4) is 0 Å². The van der Waals surface area contributed by atoms with E-state index in [1.807, 2.05) is 5.32 Å². The molecule has 1 atom stereocenters. The van der Waals surface area contributed by atoms with Gasteiger partial charge in [-0.2, -0.15) is 13.2 Å². The van der Waals surface area contributed by atoms with E-state index in [1.54, 1.807) is 12.2 Å². The summed E-state index contributed by atoms with van der Waals surface area (Å²) in [6.07, 6.45) is -5.17. The Morgan fingerprint density at radius 1 is 1.21 bits per heavy atom. The molecule has 0 fully saturated rings. The Morgan fingerprint density at radius 2 is 1.88 bits per heavy atom. The van der Waals surface area contributed by atoms with Gasteiger partial charge in [0.05, 0.1) is 6.61 Å². The van der Waals surface area contributed by atoms with E-state index in [1.165, 1.54) is 6.92 Å². The van der Waals surface area contributed by atoms with Gasteiger partial charge in [-0.05, 0) is 31.5 Å². The number of rotatable bonds is 7. The van der Waals surface area contributed by atoms with E-state index >= 15 is 0 Å². The van der Waals surface area contributed by atoms with Gasteiger partial charge >= 0.3 is 17.8 Å². The quantitative estimate of drug-likeness (QED) is 0.451. The number of anilines is 1. The maximum Gasteiger partial charge on any atom is 0.441 e. The topological polar surface area (TPSA) is 67.4 Å². The van der Waals surface area contributed by atoms with Crippen LogP contribution in [0.3, 0.4) is 0 Å². The number of hydrogen-bond donors (Lipinski definition) is 2. The second kappa shape index (κ2) is 7.98. The lowest BCUT2D eigenvalue weighted by Gasteiger charge is -2.35. The first kappa shape index (κ1) is 19.7. The van der Waals surface area contributed by atoms with Crippen LogP contribution < -0.4 is 10.6 Å². The minimum atomic E-state index is -5.23. The number of hydrogen-bond acceptors (Lipinski definition) is 4. The van der Waals surface area contributed by atoms with Gasteiger partial charge in [0.1, 0.15) is 5.82 Å². The zero-order chi connectivity index (χ0) is 18.4. The fourth-order valence-electron chi connectivity index (χ4n) is 1.91. The molecule has 0 spiro atoms.